The van der Waals surface area contributed by atoms with Crippen molar-refractivity contribution >= 4 is 17.3 Å². The van der Waals surface area contributed by atoms with Crippen LogP contribution in [0.2, 0.25) is 0 Å². The Morgan fingerprint density at radius 1 is 1.20 bits per heavy atom. The highest BCUT2D eigenvalue weighted by Gasteiger charge is 2.10. The Morgan fingerprint density at radius 2 is 2.10 bits per heavy atom. The second-order valence-corrected chi connectivity index (χ2v) is 4.42. The van der Waals surface area contributed by atoms with Crippen LogP contribution in [0.3, 0.4) is 0 Å². The number of aryl methyl sites for hydroxylation is 1. The quantitative estimate of drug-likeness (QED) is 0.656. The Labute approximate surface area is 116 Å². The Morgan fingerprint density at radius 3 is 3.00 bits per heavy atom. The topological polar surface area (TPSA) is 82.9 Å². The molecular weight excluding hydrogens is 254 g/mol. The lowest BCUT2D eigenvalue weighted by Crippen LogP contribution is -2.08. The van der Waals surface area contributed by atoms with E-state index in [4.69, 9.17) is 10.00 Å². The first-order valence-electron chi connectivity index (χ1n) is 6.35. The first-order chi connectivity index (χ1) is 9.85. The molecule has 2 N–H and O–H groups in total. The molecule has 0 atom stereocenters. The van der Waals surface area contributed by atoms with Gasteiger partial charge in [-0.3, -0.25) is 5.32 Å². The van der Waals surface area contributed by atoms with Gasteiger partial charge in [-0.1, -0.05) is 0 Å². The van der Waals surface area contributed by atoms with E-state index in [0.717, 1.165) is 30.9 Å². The van der Waals surface area contributed by atoms with Gasteiger partial charge in [0.15, 0.2) is 6.19 Å². The zero-order valence-corrected chi connectivity index (χ0v) is 10.8. The second-order valence-electron chi connectivity index (χ2n) is 4.42. The SMILES string of the molecule is N#CNc1cc(Nc2ccc3c(c2)CCCO3)ncn1. The van der Waals surface area contributed by atoms with E-state index in [2.05, 4.69) is 26.7 Å². The van der Waals surface area contributed by atoms with Gasteiger partial charge in [-0.25, -0.2) is 9.97 Å². The van der Waals surface area contributed by atoms with Gasteiger partial charge in [0, 0.05) is 11.8 Å². The lowest BCUT2D eigenvalue weighted by atomic mass is 10.1. The average Bonchev–Trinajstić information content (AvgIpc) is 2.48. The van der Waals surface area contributed by atoms with Crippen LogP contribution in [0.15, 0.2) is 30.6 Å². The zero-order valence-electron chi connectivity index (χ0n) is 10.8. The number of aromatic nitrogens is 2. The molecule has 0 bridgehead atoms. The minimum Gasteiger partial charge on any atom is -0.493 e. The summed E-state index contributed by atoms with van der Waals surface area (Å²) in [6, 6.07) is 7.66. The summed E-state index contributed by atoms with van der Waals surface area (Å²) < 4.78 is 5.58. The molecule has 1 aliphatic heterocycles. The number of nitrogens with one attached hydrogen (secondary N) is 2. The smallest absolute Gasteiger partial charge is 0.182 e. The molecule has 0 saturated carbocycles. The molecule has 20 heavy (non-hydrogen) atoms. The number of anilines is 3. The number of hydrogen-bond acceptors (Lipinski definition) is 6. The van der Waals surface area contributed by atoms with E-state index in [9.17, 15) is 0 Å². The largest absolute Gasteiger partial charge is 0.493 e. The Kier molecular flexibility index (Phi) is 3.33. The summed E-state index contributed by atoms with van der Waals surface area (Å²) in [6.07, 6.45) is 5.30. The number of rotatable bonds is 3. The molecule has 2 aromatic rings. The second kappa shape index (κ2) is 5.45. The first kappa shape index (κ1) is 12.2. The third kappa shape index (κ3) is 2.62. The molecule has 0 aliphatic carbocycles. The minimum atomic E-state index is 0.464. The average molecular weight is 267 g/mol. The van der Waals surface area contributed by atoms with Gasteiger partial charge in [-0.05, 0) is 36.6 Å². The lowest BCUT2D eigenvalue weighted by molar-refractivity contribution is 0.288. The Bertz CT molecular complexity index is 665. The molecule has 0 saturated heterocycles. The molecule has 0 spiro atoms. The lowest BCUT2D eigenvalue weighted by Gasteiger charge is -2.18. The maximum Gasteiger partial charge on any atom is 0.182 e. The predicted octanol–water partition coefficient (Wildman–Crippen LogP) is 2.44. The van der Waals surface area contributed by atoms with Crippen molar-refractivity contribution in [2.24, 2.45) is 0 Å². The zero-order chi connectivity index (χ0) is 13.8. The van der Waals surface area contributed by atoms with Crippen LogP contribution in [-0.2, 0) is 6.42 Å². The van der Waals surface area contributed by atoms with E-state index in [1.807, 2.05) is 18.3 Å². The van der Waals surface area contributed by atoms with E-state index < -0.39 is 0 Å². The van der Waals surface area contributed by atoms with Crippen molar-refractivity contribution in [2.75, 3.05) is 17.2 Å². The van der Waals surface area contributed by atoms with Crippen LogP contribution >= 0.6 is 0 Å². The van der Waals surface area contributed by atoms with Crippen molar-refractivity contribution in [3.8, 4) is 11.9 Å². The molecule has 6 heteroatoms. The van der Waals surface area contributed by atoms with Gasteiger partial charge in [0.1, 0.15) is 23.7 Å². The fraction of sp³-hybridized carbons (Fsp3) is 0.214. The highest BCUT2D eigenvalue weighted by Crippen LogP contribution is 2.28. The minimum absolute atomic E-state index is 0.464. The van der Waals surface area contributed by atoms with Crippen LogP contribution in [0.5, 0.6) is 5.75 Å². The number of benzene rings is 1. The van der Waals surface area contributed by atoms with E-state index in [0.29, 0.717) is 11.6 Å². The van der Waals surface area contributed by atoms with E-state index in [1.165, 1.54) is 11.9 Å². The number of nitriles is 1. The summed E-state index contributed by atoms with van der Waals surface area (Å²) >= 11 is 0. The summed E-state index contributed by atoms with van der Waals surface area (Å²) in [6.45, 7) is 0.787. The van der Waals surface area contributed by atoms with E-state index in [1.54, 1.807) is 6.07 Å². The molecule has 1 aromatic carbocycles. The van der Waals surface area contributed by atoms with Crippen LogP contribution < -0.4 is 15.4 Å². The number of ether oxygens (including phenoxy) is 1. The predicted molar refractivity (Wildman–Crippen MR) is 74.8 cm³/mol. The van der Waals surface area contributed by atoms with E-state index >= 15 is 0 Å². The molecule has 1 aliphatic rings. The standard InChI is InChI=1S/C14H13N5O/c15-8-16-13-7-14(18-9-17-13)19-11-3-4-12-10(6-11)2-1-5-20-12/h3-4,6-7,9H,1-2,5H2,(H2,16,17,18,19). The summed E-state index contributed by atoms with van der Waals surface area (Å²) in [7, 11) is 0. The third-order valence-corrected chi connectivity index (χ3v) is 3.03. The first-order valence-corrected chi connectivity index (χ1v) is 6.35. The third-order valence-electron chi connectivity index (χ3n) is 3.03. The molecule has 0 amide bonds. The summed E-state index contributed by atoms with van der Waals surface area (Å²) in [5.41, 5.74) is 2.14. The van der Waals surface area contributed by atoms with Crippen molar-refractivity contribution in [1.82, 2.24) is 9.97 Å². The monoisotopic (exact) mass is 267 g/mol. The summed E-state index contributed by atoms with van der Waals surface area (Å²) in [4.78, 5) is 8.06. The Hall–Kier alpha value is -2.81. The van der Waals surface area contributed by atoms with Crippen LogP contribution in [0.4, 0.5) is 17.3 Å². The molecule has 0 radical (unpaired) electrons. The molecule has 2 heterocycles. The maximum absolute atomic E-state index is 8.58. The normalized spacial score (nSPS) is 12.8. The summed E-state index contributed by atoms with van der Waals surface area (Å²) in [5.74, 6) is 2.05. The highest BCUT2D eigenvalue weighted by molar-refractivity contribution is 5.61. The molecule has 1 aromatic heterocycles. The fourth-order valence-corrected chi connectivity index (χ4v) is 2.14. The molecular formula is C14H13N5O. The molecule has 100 valence electrons. The highest BCUT2D eigenvalue weighted by atomic mass is 16.5. The van der Waals surface area contributed by atoms with Crippen LogP contribution in [-0.4, -0.2) is 16.6 Å². The summed E-state index contributed by atoms with van der Waals surface area (Å²) in [5, 5.41) is 14.3. The molecule has 3 rings (SSSR count). The molecule has 0 unspecified atom stereocenters. The van der Waals surface area contributed by atoms with E-state index in [-0.39, 0.29) is 0 Å². The van der Waals surface area contributed by atoms with Gasteiger partial charge in [-0.2, -0.15) is 5.26 Å². The van der Waals surface area contributed by atoms with Gasteiger partial charge in [0.2, 0.25) is 0 Å². The van der Waals surface area contributed by atoms with Crippen molar-refractivity contribution < 1.29 is 4.74 Å². The van der Waals surface area contributed by atoms with Crippen molar-refractivity contribution in [3.63, 3.8) is 0 Å². The van der Waals surface area contributed by atoms with Gasteiger partial charge in [0.05, 0.1) is 6.61 Å². The van der Waals surface area contributed by atoms with Gasteiger partial charge in [0.25, 0.3) is 0 Å². The maximum atomic E-state index is 8.58. The number of fused-ring (bicyclic) bond motifs is 1. The van der Waals surface area contributed by atoms with Gasteiger partial charge < -0.3 is 10.1 Å². The van der Waals surface area contributed by atoms with Gasteiger partial charge in [-0.15, -0.1) is 0 Å². The van der Waals surface area contributed by atoms with Crippen molar-refractivity contribution in [1.29, 1.82) is 5.26 Å². The number of nitrogens with zero attached hydrogens (tertiary/aromatic N) is 3. The van der Waals surface area contributed by atoms with Gasteiger partial charge >= 0.3 is 0 Å². The van der Waals surface area contributed by atoms with Crippen LogP contribution in [0.1, 0.15) is 12.0 Å². The number of hydrogen-bond donors (Lipinski definition) is 2. The van der Waals surface area contributed by atoms with Crippen LogP contribution in [0.25, 0.3) is 0 Å². The van der Waals surface area contributed by atoms with Crippen LogP contribution in [0, 0.1) is 11.5 Å². The van der Waals surface area contributed by atoms with Crippen molar-refractivity contribution in [2.45, 2.75) is 12.8 Å². The fourth-order valence-electron chi connectivity index (χ4n) is 2.14. The Balaban J connectivity index is 1.81. The molecule has 6 nitrogen and oxygen atoms in total. The van der Waals surface area contributed by atoms with Crippen molar-refractivity contribution in [3.05, 3.63) is 36.2 Å². The molecule has 0 fully saturated rings.